The summed E-state index contributed by atoms with van der Waals surface area (Å²) in [6, 6.07) is 17.2. The molecule has 1 N–H and O–H groups in total. The van der Waals surface area contributed by atoms with Crippen LogP contribution in [0.25, 0.3) is 0 Å². The Labute approximate surface area is 254 Å². The maximum atomic E-state index is 14.1. The molecule has 1 atom stereocenters. The van der Waals surface area contributed by atoms with Gasteiger partial charge in [-0.3, -0.25) is 13.9 Å². The van der Waals surface area contributed by atoms with E-state index in [-0.39, 0.29) is 23.0 Å². The lowest BCUT2D eigenvalue weighted by molar-refractivity contribution is -0.140. The Kier molecular flexibility index (Phi) is 10.7. The molecule has 0 aliphatic carbocycles. The Morgan fingerprint density at radius 3 is 2.00 bits per heavy atom. The standard InChI is InChI=1S/C32H41N3O7S/c1-22-9-16-27(17-10-22)43(38,39)35(25-13-18-28(41-7)29(19-25)42-8)21-30(36)34(23(2)31(37)33-32(3,4)5)20-24-11-14-26(40-6)15-12-24/h9-19,23H,20-21H2,1-8H3,(H,33,37). The molecule has 0 aliphatic rings. The molecule has 0 radical (unpaired) electrons. The highest BCUT2D eigenvalue weighted by Gasteiger charge is 2.33. The van der Waals surface area contributed by atoms with Gasteiger partial charge in [0.05, 0.1) is 31.9 Å². The Balaban J connectivity index is 2.09. The zero-order valence-corrected chi connectivity index (χ0v) is 26.8. The minimum atomic E-state index is -4.23. The number of nitrogens with one attached hydrogen (secondary N) is 1. The molecule has 0 saturated heterocycles. The van der Waals surface area contributed by atoms with Gasteiger partial charge in [0.25, 0.3) is 10.0 Å². The number of benzene rings is 3. The number of ether oxygens (including phenoxy) is 3. The number of anilines is 1. The van der Waals surface area contributed by atoms with Crippen molar-refractivity contribution in [3.05, 3.63) is 77.9 Å². The Bertz CT molecular complexity index is 1520. The van der Waals surface area contributed by atoms with Gasteiger partial charge in [0.15, 0.2) is 11.5 Å². The second kappa shape index (κ2) is 13.8. The first-order valence-corrected chi connectivity index (χ1v) is 15.2. The number of sulfonamides is 1. The van der Waals surface area contributed by atoms with Gasteiger partial charge in [-0.1, -0.05) is 29.8 Å². The van der Waals surface area contributed by atoms with E-state index < -0.39 is 34.1 Å². The summed E-state index contributed by atoms with van der Waals surface area (Å²) < 4.78 is 45.2. The second-order valence-electron chi connectivity index (χ2n) is 11.1. The lowest BCUT2D eigenvalue weighted by Crippen LogP contribution is -2.54. The number of hydrogen-bond acceptors (Lipinski definition) is 7. The predicted molar refractivity (Wildman–Crippen MR) is 166 cm³/mol. The minimum Gasteiger partial charge on any atom is -0.497 e. The summed E-state index contributed by atoms with van der Waals surface area (Å²) in [5.74, 6) is 0.402. The van der Waals surface area contributed by atoms with Gasteiger partial charge < -0.3 is 24.4 Å². The molecule has 0 saturated carbocycles. The van der Waals surface area contributed by atoms with Crippen molar-refractivity contribution in [2.45, 2.75) is 57.6 Å². The largest absolute Gasteiger partial charge is 0.497 e. The smallest absolute Gasteiger partial charge is 0.264 e. The molecule has 0 heterocycles. The van der Waals surface area contributed by atoms with Crippen molar-refractivity contribution in [3.8, 4) is 17.2 Å². The highest BCUT2D eigenvalue weighted by atomic mass is 32.2. The van der Waals surface area contributed by atoms with Crippen LogP contribution in [0.1, 0.15) is 38.8 Å². The van der Waals surface area contributed by atoms with Gasteiger partial charge in [-0.2, -0.15) is 0 Å². The molecule has 2 amide bonds. The fourth-order valence-electron chi connectivity index (χ4n) is 4.33. The zero-order chi connectivity index (χ0) is 31.9. The summed E-state index contributed by atoms with van der Waals surface area (Å²) in [7, 11) is 0.246. The van der Waals surface area contributed by atoms with E-state index in [2.05, 4.69) is 5.32 Å². The third kappa shape index (κ3) is 8.41. The van der Waals surface area contributed by atoms with E-state index in [0.717, 1.165) is 15.4 Å². The van der Waals surface area contributed by atoms with Crippen molar-refractivity contribution in [3.63, 3.8) is 0 Å². The molecule has 43 heavy (non-hydrogen) atoms. The third-order valence-electron chi connectivity index (χ3n) is 6.72. The maximum absolute atomic E-state index is 14.1. The van der Waals surface area contributed by atoms with Gasteiger partial charge in [0.1, 0.15) is 18.3 Å². The molecular formula is C32H41N3O7S. The lowest BCUT2D eigenvalue weighted by atomic mass is 10.1. The van der Waals surface area contributed by atoms with Gasteiger partial charge in [-0.05, 0) is 76.6 Å². The Hall–Kier alpha value is -4.25. The molecular weight excluding hydrogens is 570 g/mol. The number of aryl methyl sites for hydroxylation is 1. The van der Waals surface area contributed by atoms with Crippen molar-refractivity contribution in [1.29, 1.82) is 0 Å². The fraction of sp³-hybridized carbons (Fsp3) is 0.375. The molecule has 3 aromatic carbocycles. The van der Waals surface area contributed by atoms with Crippen LogP contribution in [0.5, 0.6) is 17.2 Å². The van der Waals surface area contributed by atoms with Crippen molar-refractivity contribution in [2.75, 3.05) is 32.2 Å². The number of nitrogens with zero attached hydrogens (tertiary/aromatic N) is 2. The summed E-state index contributed by atoms with van der Waals surface area (Å²) in [6.45, 7) is 8.51. The molecule has 1 unspecified atom stereocenters. The van der Waals surface area contributed by atoms with E-state index in [1.165, 1.54) is 37.3 Å². The van der Waals surface area contributed by atoms with E-state index in [0.29, 0.717) is 17.2 Å². The summed E-state index contributed by atoms with van der Waals surface area (Å²) in [6.07, 6.45) is 0. The van der Waals surface area contributed by atoms with Crippen molar-refractivity contribution >= 4 is 27.5 Å². The van der Waals surface area contributed by atoms with Crippen LogP contribution in [0.2, 0.25) is 0 Å². The normalized spacial score (nSPS) is 12.2. The number of amides is 2. The summed E-state index contributed by atoms with van der Waals surface area (Å²) >= 11 is 0. The van der Waals surface area contributed by atoms with Crippen LogP contribution >= 0.6 is 0 Å². The molecule has 11 heteroatoms. The van der Waals surface area contributed by atoms with Gasteiger partial charge >= 0.3 is 0 Å². The summed E-state index contributed by atoms with van der Waals surface area (Å²) in [5, 5.41) is 2.92. The Morgan fingerprint density at radius 1 is 0.860 bits per heavy atom. The highest BCUT2D eigenvalue weighted by Crippen LogP contribution is 2.34. The molecule has 0 spiro atoms. The van der Waals surface area contributed by atoms with Gasteiger partial charge in [-0.15, -0.1) is 0 Å². The van der Waals surface area contributed by atoms with Crippen LogP contribution in [0.15, 0.2) is 71.6 Å². The average Bonchev–Trinajstić information content (AvgIpc) is 2.97. The van der Waals surface area contributed by atoms with Crippen LogP contribution in [-0.2, 0) is 26.2 Å². The molecule has 0 aromatic heterocycles. The molecule has 0 fully saturated rings. The highest BCUT2D eigenvalue weighted by molar-refractivity contribution is 7.92. The molecule has 10 nitrogen and oxygen atoms in total. The topological polar surface area (TPSA) is 114 Å². The maximum Gasteiger partial charge on any atom is 0.264 e. The average molecular weight is 612 g/mol. The van der Waals surface area contributed by atoms with E-state index in [1.54, 1.807) is 62.6 Å². The van der Waals surface area contributed by atoms with Crippen LogP contribution in [0.3, 0.4) is 0 Å². The molecule has 0 aliphatic heterocycles. The van der Waals surface area contributed by atoms with E-state index in [1.807, 2.05) is 27.7 Å². The van der Waals surface area contributed by atoms with Crippen LogP contribution in [-0.4, -0.2) is 64.6 Å². The first kappa shape index (κ1) is 33.3. The Morgan fingerprint density at radius 2 is 1.47 bits per heavy atom. The zero-order valence-electron chi connectivity index (χ0n) is 26.0. The summed E-state index contributed by atoms with van der Waals surface area (Å²) in [4.78, 5) is 28.8. The van der Waals surface area contributed by atoms with Crippen molar-refractivity contribution in [1.82, 2.24) is 10.2 Å². The first-order chi connectivity index (χ1) is 20.2. The molecule has 0 bridgehead atoms. The fourth-order valence-corrected chi connectivity index (χ4v) is 5.74. The van der Waals surface area contributed by atoms with E-state index in [9.17, 15) is 18.0 Å². The first-order valence-electron chi connectivity index (χ1n) is 13.8. The van der Waals surface area contributed by atoms with Crippen LogP contribution in [0.4, 0.5) is 5.69 Å². The number of rotatable bonds is 12. The SMILES string of the molecule is COc1ccc(CN(C(=O)CN(c2ccc(OC)c(OC)c2)S(=O)(=O)c2ccc(C)cc2)C(C)C(=O)NC(C)(C)C)cc1. The molecule has 3 aromatic rings. The van der Waals surface area contributed by atoms with Gasteiger partial charge in [0, 0.05) is 18.2 Å². The van der Waals surface area contributed by atoms with E-state index >= 15 is 0 Å². The quantitative estimate of drug-likeness (QED) is 0.320. The van der Waals surface area contributed by atoms with Crippen LogP contribution in [0, 0.1) is 6.92 Å². The number of hydrogen-bond donors (Lipinski definition) is 1. The monoisotopic (exact) mass is 611 g/mol. The van der Waals surface area contributed by atoms with Gasteiger partial charge in [-0.25, -0.2) is 8.42 Å². The molecule has 3 rings (SSSR count). The number of carbonyl (C=O) groups excluding carboxylic acids is 2. The number of methoxy groups -OCH3 is 3. The lowest BCUT2D eigenvalue weighted by Gasteiger charge is -2.33. The van der Waals surface area contributed by atoms with E-state index in [4.69, 9.17) is 14.2 Å². The predicted octanol–water partition coefficient (Wildman–Crippen LogP) is 4.55. The summed E-state index contributed by atoms with van der Waals surface area (Å²) in [5.41, 5.74) is 1.28. The van der Waals surface area contributed by atoms with Gasteiger partial charge in [0.2, 0.25) is 11.8 Å². The number of carbonyl (C=O) groups is 2. The second-order valence-corrected chi connectivity index (χ2v) is 13.0. The van der Waals surface area contributed by atoms with Crippen LogP contribution < -0.4 is 23.8 Å². The minimum absolute atomic E-state index is 0.0147. The third-order valence-corrected chi connectivity index (χ3v) is 8.51. The van der Waals surface area contributed by atoms with Crippen molar-refractivity contribution in [2.24, 2.45) is 0 Å². The van der Waals surface area contributed by atoms with Crippen molar-refractivity contribution < 1.29 is 32.2 Å². The molecule has 232 valence electrons.